The van der Waals surface area contributed by atoms with Gasteiger partial charge in [0, 0.05) is 44.8 Å². The van der Waals surface area contributed by atoms with Crippen LogP contribution in [0.15, 0.2) is 59.6 Å². The fourth-order valence-electron chi connectivity index (χ4n) is 4.58. The van der Waals surface area contributed by atoms with Gasteiger partial charge >= 0.3 is 0 Å². The number of pyridine rings is 2. The Bertz CT molecular complexity index is 1020. The van der Waals surface area contributed by atoms with Crippen LogP contribution in [0.25, 0.3) is 0 Å². The lowest BCUT2D eigenvalue weighted by Gasteiger charge is -2.25. The highest BCUT2D eigenvalue weighted by molar-refractivity contribution is 5.95. The standard InChI is InChI=1S/C22H22N4O2/c1-16-18(6-11-28-16)21(27)25-10-7-22(14-25)15-26(13-17-4-2-8-23-12-17)19-5-3-9-24-20(19)22/h2-6,8-9,11-12H,7,10,13-15H2,1H3/t22-/m1/s1. The fraction of sp³-hybridized carbons (Fsp3) is 0.318. The van der Waals surface area contributed by atoms with Gasteiger partial charge in [-0.2, -0.15) is 0 Å². The number of hydrogen-bond acceptors (Lipinski definition) is 5. The van der Waals surface area contributed by atoms with Crippen molar-refractivity contribution in [3.8, 4) is 0 Å². The molecule has 2 aliphatic rings. The molecule has 1 saturated heterocycles. The number of aryl methyl sites for hydroxylation is 1. The van der Waals surface area contributed by atoms with Crippen LogP contribution < -0.4 is 4.90 Å². The number of amides is 1. The molecule has 1 atom stereocenters. The normalized spacial score (nSPS) is 20.8. The van der Waals surface area contributed by atoms with Crippen molar-refractivity contribution in [3.63, 3.8) is 0 Å². The molecule has 5 heterocycles. The van der Waals surface area contributed by atoms with E-state index < -0.39 is 0 Å². The zero-order valence-corrected chi connectivity index (χ0v) is 15.8. The van der Waals surface area contributed by atoms with E-state index in [0.717, 1.165) is 31.7 Å². The summed E-state index contributed by atoms with van der Waals surface area (Å²) < 4.78 is 5.33. The molecule has 28 heavy (non-hydrogen) atoms. The third kappa shape index (κ3) is 2.68. The number of furan rings is 1. The average Bonchev–Trinajstić information content (AvgIpc) is 3.42. The third-order valence-corrected chi connectivity index (χ3v) is 5.95. The van der Waals surface area contributed by atoms with Crippen molar-refractivity contribution in [1.29, 1.82) is 0 Å². The minimum atomic E-state index is -0.119. The first-order valence-corrected chi connectivity index (χ1v) is 9.59. The smallest absolute Gasteiger partial charge is 0.257 e. The van der Waals surface area contributed by atoms with Crippen LogP contribution >= 0.6 is 0 Å². The number of hydrogen-bond donors (Lipinski definition) is 0. The number of carbonyl (C=O) groups excluding carboxylic acids is 1. The summed E-state index contributed by atoms with van der Waals surface area (Å²) in [6, 6.07) is 9.95. The van der Waals surface area contributed by atoms with Gasteiger partial charge in [0.1, 0.15) is 5.76 Å². The van der Waals surface area contributed by atoms with Crippen molar-refractivity contribution in [3.05, 3.63) is 77.8 Å². The molecule has 1 spiro atoms. The van der Waals surface area contributed by atoms with E-state index in [9.17, 15) is 4.79 Å². The monoisotopic (exact) mass is 374 g/mol. The molecule has 1 fully saturated rings. The minimum Gasteiger partial charge on any atom is -0.469 e. The zero-order valence-electron chi connectivity index (χ0n) is 15.8. The summed E-state index contributed by atoms with van der Waals surface area (Å²) in [5.74, 6) is 0.723. The number of nitrogens with zero attached hydrogens (tertiary/aromatic N) is 4. The summed E-state index contributed by atoms with van der Waals surface area (Å²) in [6.07, 6.45) is 8.06. The molecule has 2 aliphatic heterocycles. The first-order chi connectivity index (χ1) is 13.7. The highest BCUT2D eigenvalue weighted by Crippen LogP contribution is 2.45. The molecule has 0 unspecified atom stereocenters. The summed E-state index contributed by atoms with van der Waals surface area (Å²) in [7, 11) is 0. The number of anilines is 1. The maximum Gasteiger partial charge on any atom is 0.257 e. The first-order valence-electron chi connectivity index (χ1n) is 9.59. The average molecular weight is 374 g/mol. The van der Waals surface area contributed by atoms with Crippen LogP contribution in [0.2, 0.25) is 0 Å². The predicted molar refractivity (Wildman–Crippen MR) is 105 cm³/mol. The van der Waals surface area contributed by atoms with Gasteiger partial charge in [0.05, 0.1) is 28.6 Å². The fourth-order valence-corrected chi connectivity index (χ4v) is 4.58. The lowest BCUT2D eigenvalue weighted by atomic mass is 9.85. The van der Waals surface area contributed by atoms with Gasteiger partial charge in [-0.1, -0.05) is 6.07 Å². The lowest BCUT2D eigenvalue weighted by Crippen LogP contribution is -2.38. The van der Waals surface area contributed by atoms with E-state index >= 15 is 0 Å². The highest BCUT2D eigenvalue weighted by atomic mass is 16.3. The molecule has 3 aromatic rings. The molecule has 142 valence electrons. The van der Waals surface area contributed by atoms with Gasteiger partial charge in [-0.05, 0) is 43.2 Å². The van der Waals surface area contributed by atoms with Gasteiger partial charge in [0.2, 0.25) is 0 Å². The summed E-state index contributed by atoms with van der Waals surface area (Å²) >= 11 is 0. The minimum absolute atomic E-state index is 0.0475. The Morgan fingerprint density at radius 3 is 2.89 bits per heavy atom. The van der Waals surface area contributed by atoms with Crippen LogP contribution in [0, 0.1) is 6.92 Å². The topological polar surface area (TPSA) is 62.5 Å². The van der Waals surface area contributed by atoms with Crippen molar-refractivity contribution in [2.75, 3.05) is 24.5 Å². The highest BCUT2D eigenvalue weighted by Gasteiger charge is 2.49. The van der Waals surface area contributed by atoms with Crippen LogP contribution in [-0.4, -0.2) is 40.4 Å². The molecule has 0 N–H and O–H groups in total. The van der Waals surface area contributed by atoms with Crippen LogP contribution in [-0.2, 0) is 12.0 Å². The largest absolute Gasteiger partial charge is 0.469 e. The van der Waals surface area contributed by atoms with Gasteiger partial charge < -0.3 is 14.2 Å². The van der Waals surface area contributed by atoms with Gasteiger partial charge in [0.25, 0.3) is 5.91 Å². The van der Waals surface area contributed by atoms with Gasteiger partial charge in [0.15, 0.2) is 0 Å². The van der Waals surface area contributed by atoms with Crippen LogP contribution in [0.5, 0.6) is 0 Å². The number of carbonyl (C=O) groups is 1. The molecule has 0 saturated carbocycles. The second kappa shape index (κ2) is 6.48. The number of likely N-dealkylation sites (tertiary alicyclic amines) is 1. The van der Waals surface area contributed by atoms with E-state index in [0.29, 0.717) is 17.9 Å². The number of rotatable bonds is 3. The zero-order chi connectivity index (χ0) is 19.1. The van der Waals surface area contributed by atoms with E-state index in [1.165, 1.54) is 11.3 Å². The Kier molecular flexibility index (Phi) is 3.93. The molecule has 0 radical (unpaired) electrons. The molecule has 0 bridgehead atoms. The van der Waals surface area contributed by atoms with E-state index in [2.05, 4.69) is 22.0 Å². The van der Waals surface area contributed by atoms with Crippen molar-refractivity contribution in [2.45, 2.75) is 25.3 Å². The number of fused-ring (bicyclic) bond motifs is 2. The number of aromatic nitrogens is 2. The van der Waals surface area contributed by atoms with Crippen LogP contribution in [0.4, 0.5) is 5.69 Å². The molecule has 0 aromatic carbocycles. The van der Waals surface area contributed by atoms with E-state index in [1.807, 2.05) is 36.4 Å². The van der Waals surface area contributed by atoms with Crippen molar-refractivity contribution in [2.24, 2.45) is 0 Å². The van der Waals surface area contributed by atoms with E-state index in [-0.39, 0.29) is 11.3 Å². The van der Waals surface area contributed by atoms with E-state index in [1.54, 1.807) is 18.5 Å². The maximum absolute atomic E-state index is 13.0. The summed E-state index contributed by atoms with van der Waals surface area (Å²) in [4.78, 5) is 26.3. The lowest BCUT2D eigenvalue weighted by molar-refractivity contribution is 0.0782. The Morgan fingerprint density at radius 1 is 1.21 bits per heavy atom. The van der Waals surface area contributed by atoms with Crippen molar-refractivity contribution < 1.29 is 9.21 Å². The maximum atomic E-state index is 13.0. The summed E-state index contributed by atoms with van der Waals surface area (Å²) in [6.45, 7) is 4.91. The quantitative estimate of drug-likeness (QED) is 0.705. The molecular weight excluding hydrogens is 352 g/mol. The van der Waals surface area contributed by atoms with Crippen LogP contribution in [0.3, 0.4) is 0 Å². The van der Waals surface area contributed by atoms with E-state index in [4.69, 9.17) is 9.40 Å². The molecule has 0 aliphatic carbocycles. The SMILES string of the molecule is Cc1occc1C(=O)N1CC[C@@]2(C1)CN(Cc1cccnc1)c1cccnc12. The summed E-state index contributed by atoms with van der Waals surface area (Å²) in [5, 5.41) is 0. The molecular formula is C22H22N4O2. The molecule has 1 amide bonds. The molecule has 3 aromatic heterocycles. The molecule has 5 rings (SSSR count). The summed E-state index contributed by atoms with van der Waals surface area (Å²) in [5.41, 5.74) is 3.99. The Hall–Kier alpha value is -3.15. The van der Waals surface area contributed by atoms with Gasteiger partial charge in [-0.15, -0.1) is 0 Å². The molecule has 6 heteroatoms. The second-order valence-corrected chi connectivity index (χ2v) is 7.74. The van der Waals surface area contributed by atoms with Crippen LogP contribution in [0.1, 0.15) is 33.8 Å². The van der Waals surface area contributed by atoms with Gasteiger partial charge in [-0.25, -0.2) is 0 Å². The van der Waals surface area contributed by atoms with Crippen molar-refractivity contribution >= 4 is 11.6 Å². The first kappa shape index (κ1) is 17.0. The Morgan fingerprint density at radius 2 is 2.11 bits per heavy atom. The van der Waals surface area contributed by atoms with Gasteiger partial charge in [-0.3, -0.25) is 14.8 Å². The third-order valence-electron chi connectivity index (χ3n) is 5.95. The van der Waals surface area contributed by atoms with Crippen molar-refractivity contribution in [1.82, 2.24) is 14.9 Å². The Balaban J connectivity index is 1.43. The molecule has 6 nitrogen and oxygen atoms in total. The second-order valence-electron chi connectivity index (χ2n) is 7.74. The predicted octanol–water partition coefficient (Wildman–Crippen LogP) is 3.18. The Labute approximate surface area is 163 Å².